The van der Waals surface area contributed by atoms with Crippen molar-refractivity contribution in [1.82, 2.24) is 4.90 Å². The Labute approximate surface area is 202 Å². The zero-order valence-electron chi connectivity index (χ0n) is 20.5. The van der Waals surface area contributed by atoms with E-state index in [4.69, 9.17) is 0 Å². The Balaban J connectivity index is 1.81. The van der Waals surface area contributed by atoms with Crippen LogP contribution in [-0.4, -0.2) is 24.0 Å². The molecule has 2 aromatic carbocycles. The maximum Gasteiger partial charge on any atom is 0.416 e. The lowest BCUT2D eigenvalue weighted by atomic mass is 9.62. The van der Waals surface area contributed by atoms with E-state index in [1.165, 1.54) is 11.6 Å². The Morgan fingerprint density at radius 2 is 1.53 bits per heavy atom. The maximum absolute atomic E-state index is 14.0. The van der Waals surface area contributed by atoms with Crippen LogP contribution >= 0.6 is 0 Å². The van der Waals surface area contributed by atoms with Crippen molar-refractivity contribution in [2.45, 2.75) is 82.8 Å². The molecule has 1 fully saturated rings. The highest BCUT2D eigenvalue weighted by atomic mass is 19.4. The van der Waals surface area contributed by atoms with Crippen molar-refractivity contribution in [3.63, 3.8) is 0 Å². The van der Waals surface area contributed by atoms with Crippen molar-refractivity contribution in [2.75, 3.05) is 13.1 Å². The molecular weight excluding hydrogens is 433 g/mol. The molecule has 0 spiro atoms. The Bertz CT molecular complexity index is 926. The molecule has 1 aliphatic carbocycles. The molecule has 2 aromatic rings. The van der Waals surface area contributed by atoms with Gasteiger partial charge in [-0.3, -0.25) is 0 Å². The Morgan fingerprint density at radius 3 is 2.12 bits per heavy atom. The molecular formula is C29H37F3N2. The molecule has 34 heavy (non-hydrogen) atoms. The summed E-state index contributed by atoms with van der Waals surface area (Å²) in [4.78, 5) is 2.38. The molecule has 1 saturated carbocycles. The Kier molecular flexibility index (Phi) is 9.19. The van der Waals surface area contributed by atoms with E-state index < -0.39 is 17.2 Å². The first-order chi connectivity index (χ1) is 16.3. The molecule has 184 valence electrons. The quantitative estimate of drug-likeness (QED) is 0.354. The highest BCUT2D eigenvalue weighted by Gasteiger charge is 2.46. The average molecular weight is 471 g/mol. The van der Waals surface area contributed by atoms with Gasteiger partial charge in [-0.15, -0.1) is 0 Å². The summed E-state index contributed by atoms with van der Waals surface area (Å²) in [6, 6.07) is 18.9. The normalized spacial score (nSPS) is 17.0. The molecule has 2 nitrogen and oxygen atoms in total. The monoisotopic (exact) mass is 470 g/mol. The molecule has 0 amide bonds. The summed E-state index contributed by atoms with van der Waals surface area (Å²) in [5.41, 5.74) is -0.292. The molecule has 0 N–H and O–H groups in total. The SMILES string of the molecule is CC(C)N(CCCC(C#N)(c1ccccc1C(F)(F)F)C1CCCCC1)CCc1ccccc1. The van der Waals surface area contributed by atoms with Crippen LogP contribution in [0.1, 0.15) is 75.5 Å². The van der Waals surface area contributed by atoms with E-state index in [0.717, 1.165) is 57.7 Å². The van der Waals surface area contributed by atoms with Crippen LogP contribution in [0.15, 0.2) is 54.6 Å². The van der Waals surface area contributed by atoms with E-state index in [-0.39, 0.29) is 11.5 Å². The van der Waals surface area contributed by atoms with Gasteiger partial charge in [0.15, 0.2) is 0 Å². The van der Waals surface area contributed by atoms with E-state index in [1.54, 1.807) is 12.1 Å². The highest BCUT2D eigenvalue weighted by molar-refractivity contribution is 5.42. The number of alkyl halides is 3. The zero-order chi connectivity index (χ0) is 24.6. The first kappa shape index (κ1) is 26.3. The molecule has 1 unspecified atom stereocenters. The molecule has 0 radical (unpaired) electrons. The first-order valence-electron chi connectivity index (χ1n) is 12.6. The molecule has 0 aromatic heterocycles. The van der Waals surface area contributed by atoms with Crippen molar-refractivity contribution >= 4 is 0 Å². The predicted molar refractivity (Wildman–Crippen MR) is 131 cm³/mol. The summed E-state index contributed by atoms with van der Waals surface area (Å²) >= 11 is 0. The second-order valence-corrected chi connectivity index (χ2v) is 9.93. The summed E-state index contributed by atoms with van der Waals surface area (Å²) in [6.07, 6.45) is 2.33. The minimum absolute atomic E-state index is 0.0356. The van der Waals surface area contributed by atoms with Gasteiger partial charge in [-0.05, 0) is 75.6 Å². The third-order valence-electron chi connectivity index (χ3n) is 7.49. The lowest BCUT2D eigenvalue weighted by molar-refractivity contribution is -0.138. The number of benzene rings is 2. The van der Waals surface area contributed by atoms with E-state index in [9.17, 15) is 18.4 Å². The van der Waals surface area contributed by atoms with E-state index in [2.05, 4.69) is 36.9 Å². The third-order valence-corrected chi connectivity index (χ3v) is 7.49. The van der Waals surface area contributed by atoms with Crippen molar-refractivity contribution < 1.29 is 13.2 Å². The highest BCUT2D eigenvalue weighted by Crippen LogP contribution is 2.48. The fraction of sp³-hybridized carbons (Fsp3) is 0.552. The number of halogens is 3. The minimum Gasteiger partial charge on any atom is -0.301 e. The van der Waals surface area contributed by atoms with Crippen LogP contribution in [0.3, 0.4) is 0 Å². The van der Waals surface area contributed by atoms with Gasteiger partial charge in [-0.2, -0.15) is 18.4 Å². The summed E-state index contributed by atoms with van der Waals surface area (Å²) in [5.74, 6) is -0.0356. The van der Waals surface area contributed by atoms with Gasteiger partial charge in [-0.25, -0.2) is 0 Å². The smallest absolute Gasteiger partial charge is 0.301 e. The van der Waals surface area contributed by atoms with Crippen LogP contribution in [0.25, 0.3) is 0 Å². The molecule has 0 aliphatic heterocycles. The zero-order valence-corrected chi connectivity index (χ0v) is 20.5. The Morgan fingerprint density at radius 1 is 0.912 bits per heavy atom. The van der Waals surface area contributed by atoms with Crippen LogP contribution < -0.4 is 0 Å². The summed E-state index contributed by atoms with van der Waals surface area (Å²) in [5, 5.41) is 10.5. The number of rotatable bonds is 10. The van der Waals surface area contributed by atoms with Crippen LogP contribution in [0.4, 0.5) is 13.2 Å². The van der Waals surface area contributed by atoms with Gasteiger partial charge < -0.3 is 4.90 Å². The molecule has 5 heteroatoms. The average Bonchev–Trinajstić information content (AvgIpc) is 2.84. The van der Waals surface area contributed by atoms with E-state index in [0.29, 0.717) is 18.9 Å². The lowest BCUT2D eigenvalue weighted by Gasteiger charge is -2.40. The van der Waals surface area contributed by atoms with Crippen LogP contribution in [0, 0.1) is 17.2 Å². The van der Waals surface area contributed by atoms with Crippen LogP contribution in [-0.2, 0) is 18.0 Å². The van der Waals surface area contributed by atoms with Crippen LogP contribution in [0.5, 0.6) is 0 Å². The molecule has 0 saturated heterocycles. The molecule has 0 bridgehead atoms. The van der Waals surface area contributed by atoms with Gasteiger partial charge in [0.05, 0.1) is 17.0 Å². The third kappa shape index (κ3) is 6.42. The summed E-state index contributed by atoms with van der Waals surface area (Å²) in [6.45, 7) is 5.98. The summed E-state index contributed by atoms with van der Waals surface area (Å²) < 4.78 is 41.9. The van der Waals surface area contributed by atoms with Crippen LogP contribution in [0.2, 0.25) is 0 Å². The van der Waals surface area contributed by atoms with Gasteiger partial charge in [0.2, 0.25) is 0 Å². The Hall–Kier alpha value is -2.32. The predicted octanol–water partition coefficient (Wildman–Crippen LogP) is 7.78. The number of nitrogens with zero attached hydrogens (tertiary/aromatic N) is 2. The second kappa shape index (κ2) is 11.9. The molecule has 1 atom stereocenters. The molecule has 3 rings (SSSR count). The maximum atomic E-state index is 14.0. The first-order valence-corrected chi connectivity index (χ1v) is 12.6. The van der Waals surface area contributed by atoms with Crippen molar-refractivity contribution in [2.24, 2.45) is 5.92 Å². The largest absolute Gasteiger partial charge is 0.416 e. The minimum atomic E-state index is -4.47. The topological polar surface area (TPSA) is 27.0 Å². The summed E-state index contributed by atoms with van der Waals surface area (Å²) in [7, 11) is 0. The molecule has 0 heterocycles. The number of nitriles is 1. The fourth-order valence-corrected chi connectivity index (χ4v) is 5.59. The fourth-order valence-electron chi connectivity index (χ4n) is 5.59. The van der Waals surface area contributed by atoms with Crippen molar-refractivity contribution in [1.29, 1.82) is 5.26 Å². The second-order valence-electron chi connectivity index (χ2n) is 9.93. The molecule has 1 aliphatic rings. The van der Waals surface area contributed by atoms with Gasteiger partial charge in [0, 0.05) is 12.6 Å². The number of hydrogen-bond acceptors (Lipinski definition) is 2. The van der Waals surface area contributed by atoms with E-state index in [1.807, 2.05) is 18.2 Å². The lowest BCUT2D eigenvalue weighted by Crippen LogP contribution is -2.39. The van der Waals surface area contributed by atoms with Gasteiger partial charge in [0.25, 0.3) is 0 Å². The van der Waals surface area contributed by atoms with Crippen molar-refractivity contribution in [3.05, 3.63) is 71.3 Å². The van der Waals surface area contributed by atoms with Gasteiger partial charge >= 0.3 is 6.18 Å². The standard InChI is InChI=1S/C29H37F3N2/c1-23(2)34(21-18-24-12-5-3-6-13-24)20-11-19-28(22-33,25-14-7-4-8-15-25)26-16-9-10-17-27(26)29(30,31)32/h3,5-6,9-10,12-13,16-17,23,25H,4,7-8,11,14-15,18-21H2,1-2H3. The van der Waals surface area contributed by atoms with Gasteiger partial charge in [0.1, 0.15) is 0 Å². The van der Waals surface area contributed by atoms with E-state index >= 15 is 0 Å². The van der Waals surface area contributed by atoms with Crippen molar-refractivity contribution in [3.8, 4) is 6.07 Å². The number of hydrogen-bond donors (Lipinski definition) is 0. The van der Waals surface area contributed by atoms with Gasteiger partial charge in [-0.1, -0.05) is 67.8 Å².